The smallest absolute Gasteiger partial charge is 0.305 e. The van der Waals surface area contributed by atoms with Crippen molar-refractivity contribution in [3.05, 3.63) is 36.0 Å². The molecule has 1 heterocycles. The first kappa shape index (κ1) is 46.6. The lowest BCUT2D eigenvalue weighted by Crippen LogP contribution is -2.60. The van der Waals surface area contributed by atoms with E-state index in [-0.39, 0.29) is 24.1 Å². The van der Waals surface area contributed by atoms with Crippen LogP contribution in [0.4, 0.5) is 0 Å². The molecule has 0 aromatic rings. The molecule has 0 radical (unpaired) electrons. The average molecular weight is 797 g/mol. The molecule has 4 aliphatic carbocycles. The number of fused-ring (bicyclic) bond motifs is 5. The Morgan fingerprint density at radius 3 is 2.30 bits per heavy atom. The van der Waals surface area contributed by atoms with E-state index in [2.05, 4.69) is 78.8 Å². The minimum Gasteiger partial charge on any atom is -0.463 e. The van der Waals surface area contributed by atoms with Crippen LogP contribution in [0.25, 0.3) is 0 Å². The molecule has 3 saturated carbocycles. The second kappa shape index (κ2) is 21.8. The van der Waals surface area contributed by atoms with Crippen molar-refractivity contribution in [3.8, 4) is 0 Å². The molecule has 1 saturated heterocycles. The fraction of sp³-hybridized carbons (Fsp3) is 0.860. The lowest BCUT2D eigenvalue weighted by Gasteiger charge is -2.58. The second-order valence-corrected chi connectivity index (χ2v) is 20.0. The molecule has 3 N–H and O–H groups in total. The number of hydrogen-bond acceptors (Lipinski definition) is 7. The number of carbonyl (C=O) groups is 1. The Kier molecular flexibility index (Phi) is 17.8. The monoisotopic (exact) mass is 797 g/mol. The molecule has 0 aromatic heterocycles. The summed E-state index contributed by atoms with van der Waals surface area (Å²) < 4.78 is 18.0. The normalized spacial score (nSPS) is 37.8. The van der Waals surface area contributed by atoms with Crippen LogP contribution in [0.2, 0.25) is 0 Å². The molecule has 0 aromatic carbocycles. The molecule has 0 amide bonds. The molecule has 14 atom stereocenters. The third-order valence-electron chi connectivity index (χ3n) is 16.1. The van der Waals surface area contributed by atoms with Crippen molar-refractivity contribution in [1.82, 2.24) is 0 Å². The molecule has 14 unspecified atom stereocenters. The first-order chi connectivity index (χ1) is 27.3. The van der Waals surface area contributed by atoms with E-state index in [1.54, 1.807) is 0 Å². The number of aliphatic hydroxyl groups excluding tert-OH is 3. The van der Waals surface area contributed by atoms with E-state index >= 15 is 0 Å². The van der Waals surface area contributed by atoms with Crippen molar-refractivity contribution in [1.29, 1.82) is 0 Å². The Balaban J connectivity index is 1.07. The van der Waals surface area contributed by atoms with Gasteiger partial charge in [0, 0.05) is 6.42 Å². The Bertz CT molecular complexity index is 1320. The van der Waals surface area contributed by atoms with Crippen molar-refractivity contribution in [3.63, 3.8) is 0 Å². The Morgan fingerprint density at radius 2 is 1.58 bits per heavy atom. The van der Waals surface area contributed by atoms with Gasteiger partial charge in [0.1, 0.15) is 31.0 Å². The number of hydrogen-bond donors (Lipinski definition) is 3. The van der Waals surface area contributed by atoms with E-state index in [0.717, 1.165) is 75.5 Å². The van der Waals surface area contributed by atoms with Crippen LogP contribution in [0.3, 0.4) is 0 Å². The van der Waals surface area contributed by atoms with Crippen LogP contribution in [-0.2, 0) is 19.0 Å². The number of allylic oxidation sites excluding steroid dienone is 5. The number of rotatable bonds is 21. The van der Waals surface area contributed by atoms with E-state index in [4.69, 9.17) is 14.2 Å². The zero-order valence-electron chi connectivity index (χ0n) is 37.2. The van der Waals surface area contributed by atoms with Gasteiger partial charge in [-0.15, -0.1) is 0 Å². The quantitative estimate of drug-likeness (QED) is 0.0603. The molecule has 7 nitrogen and oxygen atoms in total. The topological polar surface area (TPSA) is 105 Å². The fourth-order valence-electron chi connectivity index (χ4n) is 12.3. The molecule has 4 fully saturated rings. The van der Waals surface area contributed by atoms with Gasteiger partial charge >= 0.3 is 5.97 Å². The van der Waals surface area contributed by atoms with Crippen LogP contribution in [0, 0.1) is 52.3 Å². The summed E-state index contributed by atoms with van der Waals surface area (Å²) in [5.74, 6) is 4.60. The lowest BCUT2D eigenvalue weighted by atomic mass is 9.47. The van der Waals surface area contributed by atoms with Gasteiger partial charge in [0.05, 0.1) is 6.10 Å². The van der Waals surface area contributed by atoms with Crippen molar-refractivity contribution in [2.75, 3.05) is 6.61 Å². The van der Waals surface area contributed by atoms with Crippen LogP contribution in [-0.4, -0.2) is 64.7 Å². The lowest BCUT2D eigenvalue weighted by molar-refractivity contribution is -0.313. The van der Waals surface area contributed by atoms with Gasteiger partial charge in [-0.3, -0.25) is 4.79 Å². The molecule has 326 valence electrons. The van der Waals surface area contributed by atoms with E-state index < -0.39 is 30.7 Å². The molecular formula is C50H84O7. The van der Waals surface area contributed by atoms with Gasteiger partial charge in [0.15, 0.2) is 6.29 Å². The predicted molar refractivity (Wildman–Crippen MR) is 230 cm³/mol. The third-order valence-corrected chi connectivity index (χ3v) is 16.1. The largest absolute Gasteiger partial charge is 0.463 e. The third kappa shape index (κ3) is 11.5. The summed E-state index contributed by atoms with van der Waals surface area (Å²) in [6.45, 7) is 16.7. The molecular weight excluding hydrogens is 713 g/mol. The van der Waals surface area contributed by atoms with E-state index in [1.165, 1.54) is 69.8 Å². The minimum atomic E-state index is -1.45. The predicted octanol–water partition coefficient (Wildman–Crippen LogP) is 11.0. The van der Waals surface area contributed by atoms with Gasteiger partial charge in [0.25, 0.3) is 0 Å². The van der Waals surface area contributed by atoms with E-state index in [1.807, 2.05) is 0 Å². The van der Waals surface area contributed by atoms with E-state index in [0.29, 0.717) is 35.5 Å². The van der Waals surface area contributed by atoms with Crippen molar-refractivity contribution >= 4 is 5.97 Å². The maximum Gasteiger partial charge on any atom is 0.305 e. The summed E-state index contributed by atoms with van der Waals surface area (Å²) in [7, 11) is 0. The molecule has 57 heavy (non-hydrogen) atoms. The van der Waals surface area contributed by atoms with E-state index in [9.17, 15) is 20.1 Å². The molecule has 5 aliphatic rings. The first-order valence-corrected chi connectivity index (χ1v) is 23.9. The minimum absolute atomic E-state index is 0.150. The highest BCUT2D eigenvalue weighted by Gasteiger charge is 2.59. The van der Waals surface area contributed by atoms with Crippen molar-refractivity contribution in [2.45, 2.75) is 214 Å². The number of ether oxygens (including phenoxy) is 3. The van der Waals surface area contributed by atoms with Crippen molar-refractivity contribution < 1.29 is 34.3 Å². The molecule has 0 spiro atoms. The molecule has 5 rings (SSSR count). The van der Waals surface area contributed by atoms with Crippen LogP contribution in [0.5, 0.6) is 0 Å². The van der Waals surface area contributed by atoms with Crippen LogP contribution >= 0.6 is 0 Å². The molecule has 0 bridgehead atoms. The zero-order valence-corrected chi connectivity index (χ0v) is 37.2. The highest BCUT2D eigenvalue weighted by molar-refractivity contribution is 5.69. The Hall–Kier alpha value is -1.51. The summed E-state index contributed by atoms with van der Waals surface area (Å²) in [5.41, 5.74) is 2.05. The zero-order chi connectivity index (χ0) is 41.2. The first-order valence-electron chi connectivity index (χ1n) is 23.9. The van der Waals surface area contributed by atoms with Gasteiger partial charge in [-0.05, 0) is 142 Å². The number of aliphatic hydroxyl groups is 3. The SMILES string of the molecule is CCCCC/C=C\CCCCCCCC(=O)OCC1OC(OC2CCC3(C)C(=CCC4C3CCC3(C)C(C(C)/C=C/C(CC)C(C)C)CCC43)C2)C(O)C(O)C1O. The second-order valence-electron chi connectivity index (χ2n) is 20.0. The summed E-state index contributed by atoms with van der Waals surface area (Å²) in [5, 5.41) is 32.5. The highest BCUT2D eigenvalue weighted by Crippen LogP contribution is 2.67. The summed E-state index contributed by atoms with van der Waals surface area (Å²) in [6, 6.07) is 0. The molecule has 1 aliphatic heterocycles. The summed E-state index contributed by atoms with van der Waals surface area (Å²) in [6.07, 6.45) is 27.8. The maximum absolute atomic E-state index is 12.6. The summed E-state index contributed by atoms with van der Waals surface area (Å²) >= 11 is 0. The van der Waals surface area contributed by atoms with Crippen LogP contribution in [0.1, 0.15) is 177 Å². The average Bonchev–Trinajstić information content (AvgIpc) is 3.55. The maximum atomic E-state index is 12.6. The fourth-order valence-corrected chi connectivity index (χ4v) is 12.3. The number of esters is 1. The highest BCUT2D eigenvalue weighted by atomic mass is 16.7. The van der Waals surface area contributed by atoms with Gasteiger partial charge < -0.3 is 29.5 Å². The number of carbonyl (C=O) groups excluding carboxylic acids is 1. The van der Waals surface area contributed by atoms with Gasteiger partial charge in [-0.2, -0.15) is 0 Å². The van der Waals surface area contributed by atoms with Crippen LogP contribution < -0.4 is 0 Å². The van der Waals surface area contributed by atoms with Gasteiger partial charge in [-0.25, -0.2) is 0 Å². The van der Waals surface area contributed by atoms with Crippen LogP contribution in [0.15, 0.2) is 36.0 Å². The van der Waals surface area contributed by atoms with Crippen molar-refractivity contribution in [2.24, 2.45) is 52.3 Å². The van der Waals surface area contributed by atoms with Gasteiger partial charge in [0.2, 0.25) is 0 Å². The van der Waals surface area contributed by atoms with Gasteiger partial charge in [-0.1, -0.05) is 117 Å². The summed E-state index contributed by atoms with van der Waals surface area (Å²) in [4.78, 5) is 12.6. The number of unbranched alkanes of at least 4 members (excludes halogenated alkanes) is 8. The Morgan fingerprint density at radius 1 is 0.860 bits per heavy atom. The standard InChI is InChI=1S/C50H84O7/c1-8-10-11-12-13-14-15-16-17-18-19-20-21-44(51)55-33-43-45(52)46(53)47(54)48(57-43)56-38-28-30-49(6)37(32-38)24-25-39-41-27-26-40(50(41,7)31-29-42(39)49)35(5)22-23-36(9-2)34(3)4/h13-14,22-24,34-36,38-43,45-48,52-54H,8-12,15-21,25-33H2,1-7H3/b14-13-,23-22+. The Labute approximate surface area is 347 Å². The molecule has 7 heteroatoms.